The molecule has 1 atom stereocenters. The summed E-state index contributed by atoms with van der Waals surface area (Å²) in [5, 5.41) is 3.23. The minimum atomic E-state index is -0.574. The zero-order valence-electron chi connectivity index (χ0n) is 13.2. The van der Waals surface area contributed by atoms with Crippen LogP contribution in [-0.4, -0.2) is 35.8 Å². The number of carbonyl (C=O) groups excluding carboxylic acids is 2. The highest BCUT2D eigenvalue weighted by atomic mass is 35.5. The molecule has 128 valence electrons. The molecule has 2 rings (SSSR count). The average molecular weight is 360 g/mol. The molecule has 0 spiro atoms. The summed E-state index contributed by atoms with van der Waals surface area (Å²) in [7, 11) is 0. The van der Waals surface area contributed by atoms with Crippen LogP contribution in [0.5, 0.6) is 0 Å². The van der Waals surface area contributed by atoms with E-state index >= 15 is 0 Å². The summed E-state index contributed by atoms with van der Waals surface area (Å²) in [5.74, 6) is -0.376. The number of benzene rings is 1. The molecule has 1 unspecified atom stereocenters. The van der Waals surface area contributed by atoms with Crippen molar-refractivity contribution in [2.24, 2.45) is 5.73 Å². The molecule has 1 aromatic carbocycles. The van der Waals surface area contributed by atoms with Gasteiger partial charge in [0.05, 0.1) is 17.3 Å². The topological polar surface area (TPSA) is 75.4 Å². The zero-order chi connectivity index (χ0) is 16.1. The van der Waals surface area contributed by atoms with E-state index in [1.165, 1.54) is 0 Å². The van der Waals surface area contributed by atoms with Crippen LogP contribution in [0.2, 0.25) is 5.02 Å². The summed E-state index contributed by atoms with van der Waals surface area (Å²) in [6.45, 7) is 3.46. The molecule has 0 aromatic heterocycles. The first kappa shape index (κ1) is 19.7. The van der Waals surface area contributed by atoms with Gasteiger partial charge in [0.2, 0.25) is 5.91 Å². The van der Waals surface area contributed by atoms with Crippen LogP contribution in [0.25, 0.3) is 0 Å². The molecule has 1 aromatic rings. The standard InChI is InChI=1S/C16H22ClN3O2.ClH/c1-2-5-13(18)15(21)19-14-7-6-11(17)10-12(14)16(22)20-8-3-4-9-20;/h6-7,10,13H,2-5,8-9,18H2,1H3,(H,19,21);1H. The van der Waals surface area contributed by atoms with Crippen LogP contribution >= 0.6 is 24.0 Å². The van der Waals surface area contributed by atoms with Crippen molar-refractivity contribution in [2.45, 2.75) is 38.6 Å². The van der Waals surface area contributed by atoms with Gasteiger partial charge < -0.3 is 16.0 Å². The number of hydrogen-bond acceptors (Lipinski definition) is 3. The maximum atomic E-state index is 12.6. The Morgan fingerprint density at radius 1 is 1.35 bits per heavy atom. The van der Waals surface area contributed by atoms with E-state index in [1.807, 2.05) is 6.92 Å². The van der Waals surface area contributed by atoms with E-state index in [1.54, 1.807) is 23.1 Å². The van der Waals surface area contributed by atoms with Crippen LogP contribution in [0.3, 0.4) is 0 Å². The third-order valence-electron chi connectivity index (χ3n) is 3.80. The number of nitrogens with zero attached hydrogens (tertiary/aromatic N) is 1. The molecule has 0 bridgehead atoms. The molecule has 1 saturated heterocycles. The van der Waals surface area contributed by atoms with Crippen LogP contribution in [-0.2, 0) is 4.79 Å². The summed E-state index contributed by atoms with van der Waals surface area (Å²) in [6, 6.07) is 4.34. The fourth-order valence-electron chi connectivity index (χ4n) is 2.56. The Balaban J connectivity index is 0.00000264. The molecule has 1 aliphatic rings. The Bertz CT molecular complexity index is 560. The van der Waals surface area contributed by atoms with Gasteiger partial charge in [-0.25, -0.2) is 0 Å². The number of hydrogen-bond donors (Lipinski definition) is 2. The molecule has 1 aliphatic heterocycles. The van der Waals surface area contributed by atoms with Gasteiger partial charge in [0.1, 0.15) is 0 Å². The van der Waals surface area contributed by atoms with E-state index in [-0.39, 0.29) is 24.2 Å². The normalized spacial score (nSPS) is 15.0. The Kier molecular flexibility index (Phi) is 7.82. The second-order valence-corrected chi connectivity index (χ2v) is 6.01. The lowest BCUT2D eigenvalue weighted by atomic mass is 10.1. The van der Waals surface area contributed by atoms with Crippen molar-refractivity contribution >= 4 is 41.5 Å². The quantitative estimate of drug-likeness (QED) is 0.847. The summed E-state index contributed by atoms with van der Waals surface area (Å²) < 4.78 is 0. The van der Waals surface area contributed by atoms with Crippen molar-refractivity contribution in [3.8, 4) is 0 Å². The second kappa shape index (κ2) is 9.11. The first-order valence-electron chi connectivity index (χ1n) is 7.68. The molecule has 23 heavy (non-hydrogen) atoms. The van der Waals surface area contributed by atoms with Gasteiger partial charge in [-0.2, -0.15) is 0 Å². The van der Waals surface area contributed by atoms with Crippen molar-refractivity contribution in [1.29, 1.82) is 0 Å². The maximum absolute atomic E-state index is 12.6. The average Bonchev–Trinajstić information content (AvgIpc) is 3.02. The van der Waals surface area contributed by atoms with Crippen LogP contribution < -0.4 is 11.1 Å². The van der Waals surface area contributed by atoms with Crippen molar-refractivity contribution in [1.82, 2.24) is 4.90 Å². The Morgan fingerprint density at radius 3 is 2.61 bits per heavy atom. The third-order valence-corrected chi connectivity index (χ3v) is 4.03. The number of amides is 2. The Labute approximate surface area is 148 Å². The number of halogens is 2. The molecule has 0 saturated carbocycles. The van der Waals surface area contributed by atoms with E-state index in [9.17, 15) is 9.59 Å². The first-order valence-corrected chi connectivity index (χ1v) is 8.06. The molecule has 0 radical (unpaired) electrons. The lowest BCUT2D eigenvalue weighted by Gasteiger charge is -2.19. The predicted molar refractivity (Wildman–Crippen MR) is 95.4 cm³/mol. The molecule has 1 fully saturated rings. The number of nitrogens with one attached hydrogen (secondary N) is 1. The van der Waals surface area contributed by atoms with Crippen LogP contribution in [0.4, 0.5) is 5.69 Å². The number of rotatable bonds is 5. The molecule has 0 aliphatic carbocycles. The summed E-state index contributed by atoms with van der Waals surface area (Å²) in [4.78, 5) is 26.5. The molecule has 2 amide bonds. The fourth-order valence-corrected chi connectivity index (χ4v) is 2.73. The van der Waals surface area contributed by atoms with E-state index in [0.29, 0.717) is 22.7 Å². The highest BCUT2D eigenvalue weighted by Gasteiger charge is 2.23. The minimum Gasteiger partial charge on any atom is -0.339 e. The second-order valence-electron chi connectivity index (χ2n) is 5.57. The molecule has 1 heterocycles. The van der Waals surface area contributed by atoms with Gasteiger partial charge in [0, 0.05) is 18.1 Å². The lowest BCUT2D eigenvalue weighted by molar-refractivity contribution is -0.117. The Morgan fingerprint density at radius 2 is 2.00 bits per heavy atom. The SMILES string of the molecule is CCCC(N)C(=O)Nc1ccc(Cl)cc1C(=O)N1CCCC1.Cl. The molecule has 7 heteroatoms. The van der Waals surface area contributed by atoms with Gasteiger partial charge in [-0.05, 0) is 37.5 Å². The largest absolute Gasteiger partial charge is 0.339 e. The smallest absolute Gasteiger partial charge is 0.256 e. The summed E-state index contributed by atoms with van der Waals surface area (Å²) in [5.41, 5.74) is 6.71. The van der Waals surface area contributed by atoms with E-state index in [4.69, 9.17) is 17.3 Å². The van der Waals surface area contributed by atoms with Gasteiger partial charge in [0.25, 0.3) is 5.91 Å². The van der Waals surface area contributed by atoms with E-state index in [0.717, 1.165) is 32.4 Å². The van der Waals surface area contributed by atoms with Crippen molar-refractivity contribution in [3.05, 3.63) is 28.8 Å². The van der Waals surface area contributed by atoms with Crippen LogP contribution in [0.15, 0.2) is 18.2 Å². The number of nitrogens with two attached hydrogens (primary N) is 1. The monoisotopic (exact) mass is 359 g/mol. The first-order chi connectivity index (χ1) is 10.5. The number of likely N-dealkylation sites (tertiary alicyclic amines) is 1. The minimum absolute atomic E-state index is 0. The fraction of sp³-hybridized carbons (Fsp3) is 0.500. The lowest BCUT2D eigenvalue weighted by Crippen LogP contribution is -2.36. The zero-order valence-corrected chi connectivity index (χ0v) is 14.8. The number of anilines is 1. The number of carbonyl (C=O) groups is 2. The van der Waals surface area contributed by atoms with E-state index < -0.39 is 6.04 Å². The van der Waals surface area contributed by atoms with Crippen LogP contribution in [0.1, 0.15) is 43.0 Å². The van der Waals surface area contributed by atoms with Gasteiger partial charge >= 0.3 is 0 Å². The van der Waals surface area contributed by atoms with Crippen molar-refractivity contribution < 1.29 is 9.59 Å². The summed E-state index contributed by atoms with van der Waals surface area (Å²) >= 11 is 6.01. The highest BCUT2D eigenvalue weighted by molar-refractivity contribution is 6.31. The van der Waals surface area contributed by atoms with Crippen LogP contribution in [0, 0.1) is 0 Å². The predicted octanol–water partition coefficient (Wildman–Crippen LogP) is 3.06. The molecular weight excluding hydrogens is 337 g/mol. The van der Waals surface area contributed by atoms with E-state index in [2.05, 4.69) is 5.32 Å². The molecule has 5 nitrogen and oxygen atoms in total. The van der Waals surface area contributed by atoms with Crippen molar-refractivity contribution in [3.63, 3.8) is 0 Å². The molecule has 3 N–H and O–H groups in total. The van der Waals surface area contributed by atoms with Gasteiger partial charge in [-0.3, -0.25) is 9.59 Å². The maximum Gasteiger partial charge on any atom is 0.256 e. The van der Waals surface area contributed by atoms with Gasteiger partial charge in [0.15, 0.2) is 0 Å². The van der Waals surface area contributed by atoms with Gasteiger partial charge in [-0.15, -0.1) is 12.4 Å². The summed E-state index contributed by atoms with van der Waals surface area (Å²) in [6.07, 6.45) is 3.45. The highest BCUT2D eigenvalue weighted by Crippen LogP contribution is 2.24. The van der Waals surface area contributed by atoms with Gasteiger partial charge in [-0.1, -0.05) is 24.9 Å². The molecular formula is C16H23Cl2N3O2. The third kappa shape index (κ3) is 5.09. The Hall–Kier alpha value is -1.30. The van der Waals surface area contributed by atoms with Crippen molar-refractivity contribution in [2.75, 3.05) is 18.4 Å².